The molecule has 0 radical (unpaired) electrons. The topological polar surface area (TPSA) is 58.6 Å². The van der Waals surface area contributed by atoms with E-state index in [2.05, 4.69) is 5.32 Å². The van der Waals surface area contributed by atoms with Gasteiger partial charge in [-0.2, -0.15) is 0 Å². The number of halogens is 2. The van der Waals surface area contributed by atoms with Gasteiger partial charge in [0, 0.05) is 18.1 Å². The number of anilines is 1. The number of urea groups is 1. The van der Waals surface area contributed by atoms with Crippen LogP contribution in [-0.2, 0) is 9.53 Å². The fourth-order valence-corrected chi connectivity index (χ4v) is 2.85. The van der Waals surface area contributed by atoms with Crippen LogP contribution in [0.2, 0.25) is 10.0 Å². The molecule has 1 aromatic rings. The number of amides is 2. The van der Waals surface area contributed by atoms with Crippen molar-refractivity contribution in [3.8, 4) is 0 Å². The Morgan fingerprint density at radius 1 is 1.41 bits per heavy atom. The first kappa shape index (κ1) is 16.9. The molecule has 1 saturated heterocycles. The molecule has 1 aromatic carbocycles. The third kappa shape index (κ3) is 4.27. The predicted octanol–water partition coefficient (Wildman–Crippen LogP) is 3.80. The van der Waals surface area contributed by atoms with E-state index in [1.165, 1.54) is 0 Å². The molecule has 7 heteroatoms. The number of nitrogens with zero attached hydrogens (tertiary/aromatic N) is 1. The Morgan fingerprint density at radius 3 is 2.86 bits per heavy atom. The van der Waals surface area contributed by atoms with Crippen LogP contribution in [0.4, 0.5) is 10.5 Å². The van der Waals surface area contributed by atoms with Crippen molar-refractivity contribution >= 4 is 40.9 Å². The van der Waals surface area contributed by atoms with E-state index in [9.17, 15) is 9.59 Å². The van der Waals surface area contributed by atoms with Gasteiger partial charge in [0.05, 0.1) is 23.2 Å². The van der Waals surface area contributed by atoms with Crippen LogP contribution in [0, 0.1) is 5.92 Å². The summed E-state index contributed by atoms with van der Waals surface area (Å²) in [6.45, 7) is 3.08. The molecule has 5 nitrogen and oxygen atoms in total. The monoisotopic (exact) mass is 344 g/mol. The molecular weight excluding hydrogens is 327 g/mol. The first-order valence-corrected chi connectivity index (χ1v) is 7.94. The van der Waals surface area contributed by atoms with Crippen LogP contribution in [0.25, 0.3) is 0 Å². The lowest BCUT2D eigenvalue weighted by molar-refractivity contribution is -0.149. The first-order chi connectivity index (χ1) is 10.5. The van der Waals surface area contributed by atoms with Crippen molar-refractivity contribution < 1.29 is 14.3 Å². The maximum atomic E-state index is 12.3. The Balaban J connectivity index is 1.98. The number of ether oxygens (including phenoxy) is 1. The summed E-state index contributed by atoms with van der Waals surface area (Å²) in [7, 11) is 0. The second kappa shape index (κ2) is 7.70. The van der Waals surface area contributed by atoms with Crippen LogP contribution < -0.4 is 5.32 Å². The lowest BCUT2D eigenvalue weighted by Gasteiger charge is -2.31. The Kier molecular flexibility index (Phi) is 5.91. The van der Waals surface area contributed by atoms with Gasteiger partial charge in [-0.3, -0.25) is 4.79 Å². The number of nitrogens with one attached hydrogen (secondary N) is 1. The van der Waals surface area contributed by atoms with E-state index in [-0.39, 0.29) is 17.9 Å². The molecule has 1 heterocycles. The zero-order valence-electron chi connectivity index (χ0n) is 12.3. The molecule has 0 aliphatic carbocycles. The van der Waals surface area contributed by atoms with Crippen molar-refractivity contribution in [1.82, 2.24) is 4.90 Å². The summed E-state index contributed by atoms with van der Waals surface area (Å²) in [5.41, 5.74) is 0.495. The van der Waals surface area contributed by atoms with E-state index >= 15 is 0 Å². The second-order valence-electron chi connectivity index (χ2n) is 5.09. The summed E-state index contributed by atoms with van der Waals surface area (Å²) in [6, 6.07) is 4.59. The molecule has 1 aliphatic rings. The van der Waals surface area contributed by atoms with Crippen LogP contribution in [0.5, 0.6) is 0 Å². The summed E-state index contributed by atoms with van der Waals surface area (Å²) in [4.78, 5) is 25.7. The number of rotatable bonds is 3. The fraction of sp³-hybridized carbons (Fsp3) is 0.467. The van der Waals surface area contributed by atoms with Gasteiger partial charge in [-0.1, -0.05) is 23.2 Å². The van der Waals surface area contributed by atoms with E-state index in [4.69, 9.17) is 27.9 Å². The van der Waals surface area contributed by atoms with Gasteiger partial charge >= 0.3 is 12.0 Å². The molecule has 0 unspecified atom stereocenters. The fourth-order valence-electron chi connectivity index (χ4n) is 2.40. The van der Waals surface area contributed by atoms with Crippen molar-refractivity contribution in [1.29, 1.82) is 0 Å². The van der Waals surface area contributed by atoms with Crippen LogP contribution in [0.3, 0.4) is 0 Å². The first-order valence-electron chi connectivity index (χ1n) is 7.19. The van der Waals surface area contributed by atoms with Crippen molar-refractivity contribution in [2.45, 2.75) is 19.8 Å². The molecule has 0 bridgehead atoms. The minimum atomic E-state index is -0.279. The highest BCUT2D eigenvalue weighted by atomic mass is 35.5. The van der Waals surface area contributed by atoms with Gasteiger partial charge in [0.25, 0.3) is 0 Å². The van der Waals surface area contributed by atoms with Crippen molar-refractivity contribution in [2.24, 2.45) is 5.92 Å². The van der Waals surface area contributed by atoms with Gasteiger partial charge in [-0.05, 0) is 38.0 Å². The van der Waals surface area contributed by atoms with E-state index in [1.54, 1.807) is 30.0 Å². The number of carbonyl (C=O) groups is 2. The van der Waals surface area contributed by atoms with Crippen LogP contribution >= 0.6 is 23.2 Å². The number of esters is 1. The Hall–Kier alpha value is -1.46. The molecule has 0 spiro atoms. The summed E-state index contributed by atoms with van der Waals surface area (Å²) in [5.74, 6) is -0.510. The third-order valence-electron chi connectivity index (χ3n) is 3.50. The summed E-state index contributed by atoms with van der Waals surface area (Å²) >= 11 is 11.9. The molecule has 0 saturated carbocycles. The Bertz CT molecular complexity index is 566. The van der Waals surface area contributed by atoms with Crippen molar-refractivity contribution in [3.63, 3.8) is 0 Å². The molecule has 1 N–H and O–H groups in total. The summed E-state index contributed by atoms with van der Waals surface area (Å²) < 4.78 is 5.03. The molecule has 22 heavy (non-hydrogen) atoms. The number of piperidine rings is 1. The maximum absolute atomic E-state index is 12.3. The SMILES string of the molecule is CCOC(=O)[C@H]1CCCN(C(=O)Nc2ccc(Cl)cc2Cl)C1. The summed E-state index contributed by atoms with van der Waals surface area (Å²) in [5, 5.41) is 3.62. The van der Waals surface area contributed by atoms with Gasteiger partial charge in [0.1, 0.15) is 0 Å². The predicted molar refractivity (Wildman–Crippen MR) is 86.4 cm³/mol. The minimum absolute atomic E-state index is 0.246. The van der Waals surface area contributed by atoms with E-state index in [0.717, 1.165) is 12.8 Å². The van der Waals surface area contributed by atoms with Gasteiger partial charge in [-0.25, -0.2) is 4.79 Å². The van der Waals surface area contributed by atoms with Crippen LogP contribution in [0.15, 0.2) is 18.2 Å². The molecule has 120 valence electrons. The van der Waals surface area contributed by atoms with Gasteiger partial charge in [-0.15, -0.1) is 0 Å². The molecule has 2 rings (SSSR count). The lowest BCUT2D eigenvalue weighted by Crippen LogP contribution is -2.44. The van der Waals surface area contributed by atoms with Crippen molar-refractivity contribution in [3.05, 3.63) is 28.2 Å². The smallest absolute Gasteiger partial charge is 0.321 e. The number of benzene rings is 1. The van der Waals surface area contributed by atoms with Gasteiger partial charge < -0.3 is 15.0 Å². The number of carbonyl (C=O) groups excluding carboxylic acids is 2. The quantitative estimate of drug-likeness (QED) is 0.848. The molecule has 1 aliphatic heterocycles. The normalized spacial score (nSPS) is 18.0. The number of hydrogen-bond donors (Lipinski definition) is 1. The lowest BCUT2D eigenvalue weighted by atomic mass is 9.98. The average molecular weight is 345 g/mol. The zero-order chi connectivity index (χ0) is 16.1. The van der Waals surface area contributed by atoms with Crippen LogP contribution in [0.1, 0.15) is 19.8 Å². The highest BCUT2D eigenvalue weighted by Crippen LogP contribution is 2.26. The largest absolute Gasteiger partial charge is 0.466 e. The molecular formula is C15H18Cl2N2O3. The molecule has 1 atom stereocenters. The van der Waals surface area contributed by atoms with E-state index < -0.39 is 0 Å². The third-order valence-corrected chi connectivity index (χ3v) is 4.05. The van der Waals surface area contributed by atoms with E-state index in [0.29, 0.717) is 35.4 Å². The van der Waals surface area contributed by atoms with Gasteiger partial charge in [0.2, 0.25) is 0 Å². The highest BCUT2D eigenvalue weighted by molar-refractivity contribution is 6.36. The molecule has 0 aromatic heterocycles. The number of likely N-dealkylation sites (tertiary alicyclic amines) is 1. The Morgan fingerprint density at radius 2 is 2.18 bits per heavy atom. The van der Waals surface area contributed by atoms with E-state index in [1.807, 2.05) is 0 Å². The Labute approximate surface area is 139 Å². The minimum Gasteiger partial charge on any atom is -0.466 e. The number of hydrogen-bond acceptors (Lipinski definition) is 3. The van der Waals surface area contributed by atoms with Crippen molar-refractivity contribution in [2.75, 3.05) is 25.0 Å². The van der Waals surface area contributed by atoms with Crippen LogP contribution in [-0.4, -0.2) is 36.6 Å². The standard InChI is InChI=1S/C15H18Cl2N2O3/c1-2-22-14(20)10-4-3-7-19(9-10)15(21)18-13-6-5-11(16)8-12(13)17/h5-6,8,10H,2-4,7,9H2,1H3,(H,18,21)/t10-/m0/s1. The highest BCUT2D eigenvalue weighted by Gasteiger charge is 2.29. The zero-order valence-corrected chi connectivity index (χ0v) is 13.8. The maximum Gasteiger partial charge on any atom is 0.321 e. The molecule has 1 fully saturated rings. The van der Waals surface area contributed by atoms with Gasteiger partial charge in [0.15, 0.2) is 0 Å². The average Bonchev–Trinajstić information content (AvgIpc) is 2.50. The molecule has 2 amide bonds. The summed E-state index contributed by atoms with van der Waals surface area (Å²) in [6.07, 6.45) is 1.51. The second-order valence-corrected chi connectivity index (χ2v) is 5.94.